The van der Waals surface area contributed by atoms with Gasteiger partial charge in [0, 0.05) is 56.4 Å². The summed E-state index contributed by atoms with van der Waals surface area (Å²) in [6.07, 6.45) is 5.53. The second-order valence-corrected chi connectivity index (χ2v) is 8.77. The van der Waals surface area contributed by atoms with Gasteiger partial charge in [0.1, 0.15) is 6.04 Å². The average molecular weight is 414 g/mol. The highest BCUT2D eigenvalue weighted by molar-refractivity contribution is 5.99. The number of likely N-dealkylation sites (tertiary alicyclic amines) is 2. The number of benzene rings is 1. The fourth-order valence-corrected chi connectivity index (χ4v) is 5.32. The molecule has 7 nitrogen and oxygen atoms in total. The molecule has 4 rings (SSSR count). The first-order chi connectivity index (χ1) is 14.5. The minimum atomic E-state index is -0.440. The third kappa shape index (κ3) is 4.08. The molecule has 3 saturated heterocycles. The summed E-state index contributed by atoms with van der Waals surface area (Å²) in [6.45, 7) is 4.87. The molecule has 1 unspecified atom stereocenters. The van der Waals surface area contributed by atoms with Gasteiger partial charge in [-0.15, -0.1) is 0 Å². The van der Waals surface area contributed by atoms with Crippen LogP contribution in [0.15, 0.2) is 24.3 Å². The number of rotatable bonds is 3. The van der Waals surface area contributed by atoms with Crippen LogP contribution in [0.1, 0.15) is 55.8 Å². The molecule has 1 aromatic rings. The van der Waals surface area contributed by atoms with E-state index >= 15 is 0 Å². The molecule has 3 aliphatic heterocycles. The van der Waals surface area contributed by atoms with Gasteiger partial charge in [0.2, 0.25) is 11.8 Å². The van der Waals surface area contributed by atoms with Crippen LogP contribution < -0.4 is 5.32 Å². The van der Waals surface area contributed by atoms with Crippen LogP contribution in [0.3, 0.4) is 0 Å². The molecule has 3 heterocycles. The van der Waals surface area contributed by atoms with Crippen molar-refractivity contribution in [1.82, 2.24) is 9.80 Å². The molecule has 0 radical (unpaired) electrons. The Balaban J connectivity index is 1.66. The highest BCUT2D eigenvalue weighted by Crippen LogP contribution is 2.45. The average Bonchev–Trinajstić information content (AvgIpc) is 3.28. The van der Waals surface area contributed by atoms with Gasteiger partial charge in [0.15, 0.2) is 0 Å². The molecule has 1 spiro atoms. The van der Waals surface area contributed by atoms with Crippen LogP contribution in [0, 0.1) is 5.41 Å². The molecule has 3 fully saturated rings. The van der Waals surface area contributed by atoms with Crippen molar-refractivity contribution in [1.29, 1.82) is 0 Å². The van der Waals surface area contributed by atoms with Crippen LogP contribution in [0.4, 0.5) is 5.69 Å². The lowest BCUT2D eigenvalue weighted by molar-refractivity contribution is -0.147. The second-order valence-electron chi connectivity index (χ2n) is 8.77. The Kier molecular flexibility index (Phi) is 6.09. The Labute approximate surface area is 177 Å². The van der Waals surface area contributed by atoms with E-state index in [2.05, 4.69) is 5.32 Å². The molecule has 7 heteroatoms. The molecular weight excluding hydrogens is 382 g/mol. The maximum atomic E-state index is 13.7. The van der Waals surface area contributed by atoms with E-state index in [1.807, 2.05) is 9.80 Å². The van der Waals surface area contributed by atoms with Gasteiger partial charge < -0.3 is 19.9 Å². The van der Waals surface area contributed by atoms with E-state index in [0.717, 1.165) is 51.6 Å². The maximum Gasteiger partial charge on any atom is 0.254 e. The Morgan fingerprint density at radius 1 is 1.03 bits per heavy atom. The maximum absolute atomic E-state index is 13.7. The number of piperidine rings is 1. The van der Waals surface area contributed by atoms with Crippen molar-refractivity contribution >= 4 is 23.4 Å². The predicted octanol–water partition coefficient (Wildman–Crippen LogP) is 2.67. The number of anilines is 1. The number of hydrogen-bond acceptors (Lipinski definition) is 4. The fraction of sp³-hybridized carbons (Fsp3) is 0.609. The molecule has 0 aromatic heterocycles. The molecule has 162 valence electrons. The minimum Gasteiger partial charge on any atom is -0.381 e. The Bertz CT molecular complexity index is 807. The third-order valence-corrected chi connectivity index (χ3v) is 6.80. The molecule has 0 aliphatic carbocycles. The van der Waals surface area contributed by atoms with E-state index in [9.17, 15) is 14.4 Å². The smallest absolute Gasteiger partial charge is 0.254 e. The van der Waals surface area contributed by atoms with Crippen LogP contribution in [0.5, 0.6) is 0 Å². The largest absolute Gasteiger partial charge is 0.381 e. The Hall–Kier alpha value is -2.41. The van der Waals surface area contributed by atoms with Crippen LogP contribution in [-0.4, -0.2) is 66.4 Å². The minimum absolute atomic E-state index is 0.0977. The van der Waals surface area contributed by atoms with Crippen molar-refractivity contribution in [2.45, 2.75) is 51.5 Å². The van der Waals surface area contributed by atoms with Crippen molar-refractivity contribution in [3.8, 4) is 0 Å². The number of carbonyl (C=O) groups excluding carboxylic acids is 3. The van der Waals surface area contributed by atoms with E-state index in [-0.39, 0.29) is 23.1 Å². The fourth-order valence-electron chi connectivity index (χ4n) is 5.32. The molecule has 30 heavy (non-hydrogen) atoms. The Morgan fingerprint density at radius 2 is 1.77 bits per heavy atom. The number of amides is 3. The quantitative estimate of drug-likeness (QED) is 0.826. The van der Waals surface area contributed by atoms with Crippen LogP contribution in [0.25, 0.3) is 0 Å². The van der Waals surface area contributed by atoms with Crippen molar-refractivity contribution < 1.29 is 19.1 Å². The second kappa shape index (κ2) is 8.76. The van der Waals surface area contributed by atoms with Gasteiger partial charge >= 0.3 is 0 Å². The molecule has 1 aromatic carbocycles. The van der Waals surface area contributed by atoms with Gasteiger partial charge in [0.25, 0.3) is 5.91 Å². The van der Waals surface area contributed by atoms with Crippen molar-refractivity contribution in [3.63, 3.8) is 0 Å². The Morgan fingerprint density at radius 3 is 2.47 bits per heavy atom. The van der Waals surface area contributed by atoms with E-state index in [1.54, 1.807) is 24.3 Å². The summed E-state index contributed by atoms with van der Waals surface area (Å²) in [5.41, 5.74) is 0.888. The van der Waals surface area contributed by atoms with E-state index in [4.69, 9.17) is 4.74 Å². The lowest BCUT2D eigenvalue weighted by atomic mass is 9.67. The zero-order valence-electron chi connectivity index (χ0n) is 17.7. The van der Waals surface area contributed by atoms with Gasteiger partial charge in [-0.3, -0.25) is 14.4 Å². The molecule has 3 amide bonds. The SMILES string of the molecule is CC(=O)Nc1cccc(C(=O)N2CCCC3(CCOCC3)C2C(=O)N2CCCC2)c1. The number of ether oxygens (including phenoxy) is 1. The monoisotopic (exact) mass is 413 g/mol. The molecule has 1 N–H and O–H groups in total. The highest BCUT2D eigenvalue weighted by atomic mass is 16.5. The summed E-state index contributed by atoms with van der Waals surface area (Å²) in [7, 11) is 0. The van der Waals surface area contributed by atoms with Crippen molar-refractivity contribution in [2.75, 3.05) is 38.2 Å². The van der Waals surface area contributed by atoms with Crippen molar-refractivity contribution in [2.24, 2.45) is 5.41 Å². The topological polar surface area (TPSA) is 79.0 Å². The lowest BCUT2D eigenvalue weighted by Crippen LogP contribution is -2.62. The predicted molar refractivity (Wildman–Crippen MR) is 113 cm³/mol. The molecule has 0 bridgehead atoms. The molecule has 0 saturated carbocycles. The third-order valence-electron chi connectivity index (χ3n) is 6.80. The first kappa shape index (κ1) is 20.8. The zero-order valence-corrected chi connectivity index (χ0v) is 17.7. The number of nitrogens with zero attached hydrogens (tertiary/aromatic N) is 2. The zero-order chi connectivity index (χ0) is 21.1. The molecule has 3 aliphatic rings. The number of carbonyl (C=O) groups is 3. The van der Waals surface area contributed by atoms with Gasteiger partial charge in [-0.05, 0) is 56.7 Å². The lowest BCUT2D eigenvalue weighted by Gasteiger charge is -2.51. The highest BCUT2D eigenvalue weighted by Gasteiger charge is 2.52. The number of hydrogen-bond donors (Lipinski definition) is 1. The first-order valence-electron chi connectivity index (χ1n) is 11.1. The summed E-state index contributed by atoms with van der Waals surface area (Å²) in [5, 5.41) is 2.74. The summed E-state index contributed by atoms with van der Waals surface area (Å²) in [6, 6.07) is 6.55. The standard InChI is InChI=1S/C23H31N3O4/c1-17(27)24-19-7-4-6-18(16-19)21(28)26-13-5-8-23(9-14-30-15-10-23)20(26)22(29)25-11-2-3-12-25/h4,6-7,16,20H,2-3,5,8-15H2,1H3,(H,24,27). The number of nitrogens with one attached hydrogen (secondary N) is 1. The summed E-state index contributed by atoms with van der Waals surface area (Å²) >= 11 is 0. The van der Waals surface area contributed by atoms with Gasteiger partial charge in [-0.2, -0.15) is 0 Å². The van der Waals surface area contributed by atoms with Gasteiger partial charge in [-0.25, -0.2) is 0 Å². The van der Waals surface area contributed by atoms with Crippen LogP contribution in [-0.2, 0) is 14.3 Å². The van der Waals surface area contributed by atoms with Gasteiger partial charge in [0.05, 0.1) is 0 Å². The van der Waals surface area contributed by atoms with E-state index < -0.39 is 6.04 Å². The first-order valence-corrected chi connectivity index (χ1v) is 11.1. The summed E-state index contributed by atoms with van der Waals surface area (Å²) < 4.78 is 5.62. The van der Waals surface area contributed by atoms with Crippen LogP contribution in [0.2, 0.25) is 0 Å². The van der Waals surface area contributed by atoms with E-state index in [0.29, 0.717) is 31.0 Å². The summed E-state index contributed by atoms with van der Waals surface area (Å²) in [4.78, 5) is 42.4. The molecule has 1 atom stereocenters. The molecular formula is C23H31N3O4. The summed E-state index contributed by atoms with van der Waals surface area (Å²) in [5.74, 6) is -0.216. The van der Waals surface area contributed by atoms with Crippen LogP contribution >= 0.6 is 0 Å². The van der Waals surface area contributed by atoms with E-state index in [1.165, 1.54) is 6.92 Å². The van der Waals surface area contributed by atoms with Crippen molar-refractivity contribution in [3.05, 3.63) is 29.8 Å². The normalized spacial score (nSPS) is 23.4. The van der Waals surface area contributed by atoms with Gasteiger partial charge in [-0.1, -0.05) is 6.07 Å².